The lowest BCUT2D eigenvalue weighted by atomic mass is 10.4. The fraction of sp³-hybridized carbons (Fsp3) is 0.500. The van der Waals surface area contributed by atoms with Gasteiger partial charge in [0.1, 0.15) is 0 Å². The van der Waals surface area contributed by atoms with Crippen LogP contribution >= 0.6 is 0 Å². The van der Waals surface area contributed by atoms with E-state index in [1.807, 2.05) is 0 Å². The number of hydrogen-bond donors (Lipinski definition) is 0. The van der Waals surface area contributed by atoms with E-state index in [4.69, 9.17) is 16.5 Å². The summed E-state index contributed by atoms with van der Waals surface area (Å²) in [7, 11) is -12.7. The average molecular weight is 567 g/mol. The fourth-order valence-corrected chi connectivity index (χ4v) is 32.3. The van der Waals surface area contributed by atoms with Crippen LogP contribution in [-0.4, -0.2) is 51.1 Å². The molecule has 2 unspecified atom stereocenters. The van der Waals surface area contributed by atoms with Gasteiger partial charge in [-0.1, -0.05) is 60.7 Å². The molecule has 4 nitrogen and oxygen atoms in total. The summed E-state index contributed by atoms with van der Waals surface area (Å²) >= 11 is 0. The van der Waals surface area contributed by atoms with Gasteiger partial charge in [0, 0.05) is 5.67 Å². The fourth-order valence-electron chi connectivity index (χ4n) is 4.39. The van der Waals surface area contributed by atoms with Crippen LogP contribution in [0.15, 0.2) is 60.7 Å². The van der Waals surface area contributed by atoms with E-state index in [1.165, 1.54) is 0 Å². The van der Waals surface area contributed by atoms with Gasteiger partial charge in [0.2, 0.25) is 0 Å². The SMILES string of the molecule is C[SiH](C[Si](C)(O[Si](C)(C)C)O[Si](O[Si](C)(C)C)(c1ccccc1)c1ccccc1)O[Si](C)(C)C. The Labute approximate surface area is 215 Å². The first-order valence-electron chi connectivity index (χ1n) is 12.3. The number of hydrogen-bond acceptors (Lipinski definition) is 4. The quantitative estimate of drug-likeness (QED) is 0.305. The standard InChI is InChI=1S/C24H46O4Si6/c1-29(25-30(2,3)4)22-33(11,26-31(5,6)7)28-34(27-32(8,9)10,23-18-14-12-15-19-23)24-20-16-13-17-21-24/h12-21,29H,22H2,1-11H3. The highest BCUT2D eigenvalue weighted by Gasteiger charge is 2.53. The lowest BCUT2D eigenvalue weighted by Crippen LogP contribution is -2.71. The van der Waals surface area contributed by atoms with Crippen molar-refractivity contribution in [2.45, 2.75) is 77.7 Å². The summed E-state index contributed by atoms with van der Waals surface area (Å²) in [4.78, 5) is 0. The zero-order valence-electron chi connectivity index (χ0n) is 23.2. The van der Waals surface area contributed by atoms with E-state index in [0.717, 1.165) is 16.0 Å². The Morgan fingerprint density at radius 2 is 0.971 bits per heavy atom. The molecule has 10 heteroatoms. The maximum absolute atomic E-state index is 7.51. The van der Waals surface area contributed by atoms with Crippen molar-refractivity contribution >= 4 is 61.5 Å². The van der Waals surface area contributed by atoms with Gasteiger partial charge >= 0.3 is 17.1 Å². The van der Waals surface area contributed by atoms with Gasteiger partial charge in [0.05, 0.1) is 0 Å². The molecule has 0 saturated heterocycles. The molecule has 190 valence electrons. The molecule has 0 aliphatic heterocycles. The van der Waals surface area contributed by atoms with Crippen molar-refractivity contribution in [2.75, 3.05) is 0 Å². The van der Waals surface area contributed by atoms with Crippen LogP contribution in [0.2, 0.25) is 77.7 Å². The molecule has 0 spiro atoms. The molecule has 0 radical (unpaired) electrons. The van der Waals surface area contributed by atoms with Crippen molar-refractivity contribution in [3.63, 3.8) is 0 Å². The molecule has 2 aromatic carbocycles. The maximum atomic E-state index is 7.51. The van der Waals surface area contributed by atoms with Crippen molar-refractivity contribution in [1.29, 1.82) is 0 Å². The van der Waals surface area contributed by atoms with Crippen LogP contribution in [-0.2, 0) is 16.5 Å². The minimum Gasteiger partial charge on any atom is -0.458 e. The molecule has 0 fully saturated rings. The minimum atomic E-state index is -3.05. The summed E-state index contributed by atoms with van der Waals surface area (Å²) in [6.07, 6.45) is 0. The monoisotopic (exact) mass is 566 g/mol. The van der Waals surface area contributed by atoms with Crippen molar-refractivity contribution in [1.82, 2.24) is 0 Å². The molecule has 2 rings (SSSR count). The van der Waals surface area contributed by atoms with Gasteiger partial charge in [-0.2, -0.15) is 0 Å². The Morgan fingerprint density at radius 3 is 1.32 bits per heavy atom. The summed E-state index contributed by atoms with van der Waals surface area (Å²) in [6.45, 7) is 25.0. The van der Waals surface area contributed by atoms with Crippen LogP contribution in [0.1, 0.15) is 0 Å². The van der Waals surface area contributed by atoms with Crippen LogP contribution in [0.25, 0.3) is 0 Å². The van der Waals surface area contributed by atoms with E-state index in [1.54, 1.807) is 0 Å². The van der Waals surface area contributed by atoms with Crippen molar-refractivity contribution < 1.29 is 16.5 Å². The average Bonchev–Trinajstić information content (AvgIpc) is 2.64. The molecule has 0 aromatic heterocycles. The van der Waals surface area contributed by atoms with E-state index >= 15 is 0 Å². The largest absolute Gasteiger partial charge is 0.458 e. The third-order valence-corrected chi connectivity index (χ3v) is 27.4. The molecular formula is C24H46O4Si6. The molecule has 0 bridgehead atoms. The summed E-state index contributed by atoms with van der Waals surface area (Å²) in [5, 5.41) is 2.31. The van der Waals surface area contributed by atoms with Gasteiger partial charge in [-0.3, -0.25) is 0 Å². The highest BCUT2D eigenvalue weighted by molar-refractivity contribution is 7.03. The van der Waals surface area contributed by atoms with Gasteiger partial charge in [0.15, 0.2) is 34.0 Å². The van der Waals surface area contributed by atoms with Crippen LogP contribution in [0.3, 0.4) is 0 Å². The van der Waals surface area contributed by atoms with Crippen LogP contribution in [0, 0.1) is 0 Å². The van der Waals surface area contributed by atoms with Crippen LogP contribution in [0.4, 0.5) is 0 Å². The van der Waals surface area contributed by atoms with Gasteiger partial charge in [0.25, 0.3) is 0 Å². The molecule has 0 heterocycles. The highest BCUT2D eigenvalue weighted by Crippen LogP contribution is 2.29. The van der Waals surface area contributed by atoms with Gasteiger partial charge < -0.3 is 16.5 Å². The van der Waals surface area contributed by atoms with E-state index < -0.39 is 51.1 Å². The predicted octanol–water partition coefficient (Wildman–Crippen LogP) is 5.78. The Hall–Kier alpha value is -0.419. The Balaban J connectivity index is 2.68. The minimum absolute atomic E-state index is 0.922. The third-order valence-electron chi connectivity index (χ3n) is 4.85. The van der Waals surface area contributed by atoms with E-state index in [2.05, 4.69) is 133 Å². The molecule has 34 heavy (non-hydrogen) atoms. The lowest BCUT2D eigenvalue weighted by Gasteiger charge is -2.45. The highest BCUT2D eigenvalue weighted by atomic mass is 28.5. The molecule has 0 aliphatic rings. The van der Waals surface area contributed by atoms with E-state index in [-0.39, 0.29) is 0 Å². The molecule has 2 aromatic rings. The smallest absolute Gasteiger partial charge is 0.388 e. The third kappa shape index (κ3) is 9.56. The van der Waals surface area contributed by atoms with Gasteiger partial charge in [-0.05, 0) is 82.4 Å². The van der Waals surface area contributed by atoms with Gasteiger partial charge in [-0.25, -0.2) is 0 Å². The normalized spacial score (nSPS) is 16.2. The molecule has 0 saturated carbocycles. The molecule has 2 atom stereocenters. The zero-order chi connectivity index (χ0) is 25.8. The maximum Gasteiger partial charge on any atom is 0.388 e. The second kappa shape index (κ2) is 11.3. The predicted molar refractivity (Wildman–Crippen MR) is 162 cm³/mol. The number of rotatable bonds is 12. The summed E-state index contributed by atoms with van der Waals surface area (Å²) in [6, 6.07) is 21.3. The second-order valence-corrected chi connectivity index (χ2v) is 36.2. The van der Waals surface area contributed by atoms with Crippen molar-refractivity contribution in [3.05, 3.63) is 60.7 Å². The lowest BCUT2D eigenvalue weighted by molar-refractivity contribution is 0.339. The van der Waals surface area contributed by atoms with Gasteiger partial charge in [-0.15, -0.1) is 0 Å². The molecule has 0 aliphatic carbocycles. The van der Waals surface area contributed by atoms with Crippen LogP contribution in [0.5, 0.6) is 0 Å². The van der Waals surface area contributed by atoms with Crippen molar-refractivity contribution in [2.24, 2.45) is 0 Å². The summed E-state index contributed by atoms with van der Waals surface area (Å²) in [5.74, 6) is 0. The zero-order valence-corrected chi connectivity index (χ0v) is 29.3. The molecule has 0 amide bonds. The molecule has 0 N–H and O–H groups in total. The Morgan fingerprint density at radius 1 is 0.559 bits per heavy atom. The topological polar surface area (TPSA) is 36.9 Å². The second-order valence-electron chi connectivity index (χ2n) is 12.3. The summed E-state index contributed by atoms with van der Waals surface area (Å²) in [5.41, 5.74) is 0.922. The Bertz CT molecular complexity index is 854. The van der Waals surface area contributed by atoms with E-state index in [0.29, 0.717) is 0 Å². The first-order chi connectivity index (χ1) is 15.4. The Kier molecular flexibility index (Phi) is 9.92. The van der Waals surface area contributed by atoms with Crippen LogP contribution < -0.4 is 10.4 Å². The summed E-state index contributed by atoms with van der Waals surface area (Å²) < 4.78 is 28.4. The number of benzene rings is 2. The molecular weight excluding hydrogens is 521 g/mol. The first kappa shape index (κ1) is 29.8. The van der Waals surface area contributed by atoms with Crippen molar-refractivity contribution in [3.8, 4) is 0 Å². The van der Waals surface area contributed by atoms with E-state index in [9.17, 15) is 0 Å². The first-order valence-corrected chi connectivity index (χ1v) is 29.3.